The third-order valence-corrected chi connectivity index (χ3v) is 2.35. The smallest absolute Gasteiger partial charge is 0.147 e. The summed E-state index contributed by atoms with van der Waals surface area (Å²) in [4.78, 5) is 1.81. The quantitative estimate of drug-likeness (QED) is 0.753. The molecule has 0 saturated carbocycles. The van der Waals surface area contributed by atoms with Gasteiger partial charge in [0.05, 0.1) is 18.9 Å². The highest BCUT2D eigenvalue weighted by Gasteiger charge is 1.96. The third-order valence-electron chi connectivity index (χ3n) is 2.35. The number of quaternary nitrogens is 1. The van der Waals surface area contributed by atoms with E-state index in [2.05, 4.69) is 22.1 Å². The molecule has 5 heteroatoms. The zero-order valence-corrected chi connectivity index (χ0v) is 11.1. The van der Waals surface area contributed by atoms with Crippen LogP contribution in [0.25, 0.3) is 0 Å². The monoisotopic (exact) mass is 246 g/mol. The predicted molar refractivity (Wildman–Crippen MR) is 74.4 cm³/mol. The maximum atomic E-state index is 4.12. The molecule has 3 N–H and O–H groups in total. The molecule has 0 spiro atoms. The van der Waals surface area contributed by atoms with Crippen LogP contribution in [0.15, 0.2) is 59.3 Å². The highest BCUT2D eigenvalue weighted by atomic mass is 15.3. The molecule has 0 amide bonds. The fraction of sp³-hybridized carbons (Fsp3) is 0.231. The van der Waals surface area contributed by atoms with Crippen LogP contribution in [-0.2, 0) is 0 Å². The van der Waals surface area contributed by atoms with Crippen LogP contribution in [0.3, 0.4) is 0 Å². The van der Waals surface area contributed by atoms with Gasteiger partial charge in [0.1, 0.15) is 12.0 Å². The van der Waals surface area contributed by atoms with Gasteiger partial charge in [-0.25, -0.2) is 0 Å². The molecule has 1 aromatic rings. The minimum absolute atomic E-state index is 0.589. The van der Waals surface area contributed by atoms with Gasteiger partial charge in [0.25, 0.3) is 0 Å². The number of rotatable bonds is 6. The van der Waals surface area contributed by atoms with Crippen molar-refractivity contribution in [1.29, 1.82) is 0 Å². The number of azo groups is 1. The molecule has 0 unspecified atom stereocenters. The van der Waals surface area contributed by atoms with Crippen molar-refractivity contribution in [2.45, 2.75) is 0 Å². The van der Waals surface area contributed by atoms with Crippen molar-refractivity contribution in [2.24, 2.45) is 10.2 Å². The normalized spacial score (nSPS) is 11.1. The summed E-state index contributed by atoms with van der Waals surface area (Å²) in [6, 6.07) is 7.70. The van der Waals surface area contributed by atoms with Gasteiger partial charge in [-0.05, 0) is 24.3 Å². The zero-order chi connectivity index (χ0) is 13.4. The standard InChI is InChI=1S/C13H19N5/c1-11(18(4)10-9-14-2)16-17-13-7-5-12(15-3)6-8-13/h5-10,14-15H,1H2,2-4H3/p+1/b10-9-,17-16?. The Hall–Kier alpha value is -2.14. The second-order valence-electron chi connectivity index (χ2n) is 3.70. The van der Waals surface area contributed by atoms with E-state index < -0.39 is 0 Å². The Bertz CT molecular complexity index is 433. The van der Waals surface area contributed by atoms with E-state index in [1.54, 1.807) is 0 Å². The third kappa shape index (κ3) is 4.39. The van der Waals surface area contributed by atoms with Gasteiger partial charge in [0, 0.05) is 19.8 Å². The van der Waals surface area contributed by atoms with Crippen LogP contribution in [0.2, 0.25) is 0 Å². The lowest BCUT2D eigenvalue weighted by molar-refractivity contribution is -0.557. The predicted octanol–water partition coefficient (Wildman–Crippen LogP) is 1.88. The largest absolute Gasteiger partial charge is 0.388 e. The van der Waals surface area contributed by atoms with Crippen molar-refractivity contribution < 1.29 is 5.32 Å². The Morgan fingerprint density at radius 3 is 2.61 bits per heavy atom. The molecular formula is C13H20N5+. The van der Waals surface area contributed by atoms with Gasteiger partial charge in [-0.2, -0.15) is 0 Å². The Kier molecular flexibility index (Phi) is 5.60. The summed E-state index contributed by atoms with van der Waals surface area (Å²) in [6.45, 7) is 3.84. The first-order chi connectivity index (χ1) is 8.67. The van der Waals surface area contributed by atoms with Gasteiger partial charge >= 0.3 is 0 Å². The lowest BCUT2D eigenvalue weighted by atomic mass is 10.3. The van der Waals surface area contributed by atoms with E-state index >= 15 is 0 Å². The molecule has 0 aliphatic heterocycles. The summed E-state index contributed by atoms with van der Waals surface area (Å²) in [5.74, 6) is 0.589. The second kappa shape index (κ2) is 7.24. The molecule has 5 nitrogen and oxygen atoms in total. The SMILES string of the molecule is C=C(N=Nc1ccc(NC)cc1)N(C)/C=C\[NH2+]C. The summed E-state index contributed by atoms with van der Waals surface area (Å²) in [6.07, 6.45) is 3.80. The summed E-state index contributed by atoms with van der Waals surface area (Å²) in [7, 11) is 5.72. The number of hydrogen-bond donors (Lipinski definition) is 2. The first kappa shape index (κ1) is 13.9. The fourth-order valence-electron chi connectivity index (χ4n) is 1.18. The maximum Gasteiger partial charge on any atom is 0.147 e. The summed E-state index contributed by atoms with van der Waals surface area (Å²) >= 11 is 0. The van der Waals surface area contributed by atoms with E-state index in [1.807, 2.05) is 68.0 Å². The summed E-state index contributed by atoms with van der Waals surface area (Å²) < 4.78 is 0. The van der Waals surface area contributed by atoms with Crippen LogP contribution in [0, 0.1) is 0 Å². The highest BCUT2D eigenvalue weighted by Crippen LogP contribution is 2.17. The molecule has 0 radical (unpaired) electrons. The molecule has 1 aromatic carbocycles. The lowest BCUT2D eigenvalue weighted by Gasteiger charge is -2.10. The minimum Gasteiger partial charge on any atom is -0.388 e. The molecule has 0 atom stereocenters. The Morgan fingerprint density at radius 2 is 2.06 bits per heavy atom. The van der Waals surface area contributed by atoms with E-state index in [0.717, 1.165) is 11.4 Å². The van der Waals surface area contributed by atoms with Gasteiger partial charge in [-0.1, -0.05) is 6.58 Å². The van der Waals surface area contributed by atoms with E-state index in [4.69, 9.17) is 0 Å². The number of nitrogens with zero attached hydrogens (tertiary/aromatic N) is 3. The molecule has 0 heterocycles. The fourth-order valence-corrected chi connectivity index (χ4v) is 1.18. The molecule has 0 aromatic heterocycles. The summed E-state index contributed by atoms with van der Waals surface area (Å²) in [5, 5.41) is 13.2. The van der Waals surface area contributed by atoms with Crippen LogP contribution in [-0.4, -0.2) is 26.0 Å². The Labute approximate surface area is 108 Å². The van der Waals surface area contributed by atoms with E-state index in [0.29, 0.717) is 5.82 Å². The van der Waals surface area contributed by atoms with Crippen molar-refractivity contribution in [1.82, 2.24) is 4.90 Å². The van der Waals surface area contributed by atoms with Crippen molar-refractivity contribution >= 4 is 11.4 Å². The van der Waals surface area contributed by atoms with Crippen LogP contribution in [0.5, 0.6) is 0 Å². The van der Waals surface area contributed by atoms with Crippen LogP contribution in [0.4, 0.5) is 11.4 Å². The van der Waals surface area contributed by atoms with Gasteiger partial charge in [-0.15, -0.1) is 10.2 Å². The molecule has 0 bridgehead atoms. The number of anilines is 1. The Balaban J connectivity index is 2.62. The van der Waals surface area contributed by atoms with E-state index in [9.17, 15) is 0 Å². The average molecular weight is 246 g/mol. The molecule has 0 saturated heterocycles. The number of nitrogens with one attached hydrogen (secondary N) is 1. The zero-order valence-electron chi connectivity index (χ0n) is 11.1. The van der Waals surface area contributed by atoms with Crippen LogP contribution >= 0.6 is 0 Å². The van der Waals surface area contributed by atoms with Gasteiger partial charge in [0.2, 0.25) is 0 Å². The van der Waals surface area contributed by atoms with Gasteiger partial charge in [-0.3, -0.25) is 0 Å². The Morgan fingerprint density at radius 1 is 1.39 bits per heavy atom. The van der Waals surface area contributed by atoms with Gasteiger partial charge in [0.15, 0.2) is 0 Å². The van der Waals surface area contributed by atoms with Gasteiger partial charge < -0.3 is 15.5 Å². The molecule has 0 aliphatic carbocycles. The molecule has 96 valence electrons. The first-order valence-corrected chi connectivity index (χ1v) is 5.75. The van der Waals surface area contributed by atoms with E-state index in [-0.39, 0.29) is 0 Å². The minimum atomic E-state index is 0.589. The topological polar surface area (TPSA) is 56.6 Å². The number of benzene rings is 1. The van der Waals surface area contributed by atoms with E-state index in [1.165, 1.54) is 0 Å². The average Bonchev–Trinajstić information content (AvgIpc) is 2.42. The highest BCUT2D eigenvalue weighted by molar-refractivity contribution is 5.50. The van der Waals surface area contributed by atoms with Crippen LogP contribution in [0.1, 0.15) is 0 Å². The number of nitrogens with two attached hydrogens (primary N) is 1. The van der Waals surface area contributed by atoms with Crippen LogP contribution < -0.4 is 10.6 Å². The summed E-state index contributed by atoms with van der Waals surface area (Å²) in [5.41, 5.74) is 1.85. The lowest BCUT2D eigenvalue weighted by Crippen LogP contribution is -2.72. The molecule has 18 heavy (non-hydrogen) atoms. The molecule has 0 fully saturated rings. The maximum absolute atomic E-state index is 4.12. The molecular weight excluding hydrogens is 226 g/mol. The van der Waals surface area contributed by atoms with Crippen molar-refractivity contribution in [3.63, 3.8) is 0 Å². The number of hydrogen-bond acceptors (Lipinski definition) is 4. The second-order valence-corrected chi connectivity index (χ2v) is 3.70. The molecule has 1 rings (SSSR count). The van der Waals surface area contributed by atoms with Crippen molar-refractivity contribution in [3.8, 4) is 0 Å². The van der Waals surface area contributed by atoms with Crippen molar-refractivity contribution in [3.05, 3.63) is 49.1 Å². The first-order valence-electron chi connectivity index (χ1n) is 5.75. The van der Waals surface area contributed by atoms with Crippen molar-refractivity contribution in [2.75, 3.05) is 26.5 Å². The molecule has 0 aliphatic rings.